The maximum atomic E-state index is 11.6. The average molecular weight is 215 g/mol. The molecule has 0 spiro atoms. The predicted molar refractivity (Wildman–Crippen MR) is 62.5 cm³/mol. The Labute approximate surface area is 93.4 Å². The molecule has 2 N–H and O–H groups in total. The Morgan fingerprint density at radius 2 is 1.93 bits per heavy atom. The van der Waals surface area contributed by atoms with Gasteiger partial charge in [0.15, 0.2) is 0 Å². The van der Waals surface area contributed by atoms with Gasteiger partial charge in [0, 0.05) is 0 Å². The zero-order valence-electron chi connectivity index (χ0n) is 10.7. The van der Waals surface area contributed by atoms with E-state index in [4.69, 9.17) is 10.5 Å². The van der Waals surface area contributed by atoms with Gasteiger partial charge in [-0.1, -0.05) is 41.0 Å². The van der Waals surface area contributed by atoms with Gasteiger partial charge in [0.1, 0.15) is 6.04 Å². The van der Waals surface area contributed by atoms with E-state index in [1.807, 2.05) is 20.8 Å². The van der Waals surface area contributed by atoms with Crippen LogP contribution in [0, 0.1) is 11.3 Å². The van der Waals surface area contributed by atoms with Gasteiger partial charge in [-0.3, -0.25) is 4.79 Å². The molecular weight excluding hydrogens is 190 g/mol. The van der Waals surface area contributed by atoms with E-state index in [0.717, 1.165) is 12.8 Å². The molecule has 3 nitrogen and oxygen atoms in total. The quantitative estimate of drug-likeness (QED) is 0.716. The van der Waals surface area contributed by atoms with E-state index in [0.29, 0.717) is 12.5 Å². The van der Waals surface area contributed by atoms with Crippen LogP contribution in [0.2, 0.25) is 0 Å². The van der Waals surface area contributed by atoms with Crippen molar-refractivity contribution in [2.24, 2.45) is 17.1 Å². The summed E-state index contributed by atoms with van der Waals surface area (Å²) in [7, 11) is 0. The van der Waals surface area contributed by atoms with Gasteiger partial charge in [-0.05, 0) is 17.8 Å². The van der Waals surface area contributed by atoms with Gasteiger partial charge in [0.2, 0.25) is 0 Å². The van der Waals surface area contributed by atoms with Crippen LogP contribution in [0.3, 0.4) is 0 Å². The van der Waals surface area contributed by atoms with Crippen molar-refractivity contribution in [3.05, 3.63) is 0 Å². The van der Waals surface area contributed by atoms with Crippen molar-refractivity contribution in [3.63, 3.8) is 0 Å². The van der Waals surface area contributed by atoms with Crippen LogP contribution in [0.5, 0.6) is 0 Å². The maximum Gasteiger partial charge on any atom is 0.323 e. The number of carbonyl (C=O) groups is 1. The highest BCUT2D eigenvalue weighted by atomic mass is 16.5. The lowest BCUT2D eigenvalue weighted by atomic mass is 9.87. The Kier molecular flexibility index (Phi) is 5.88. The smallest absolute Gasteiger partial charge is 0.323 e. The first kappa shape index (κ1) is 14.4. The first-order chi connectivity index (χ1) is 6.79. The second kappa shape index (κ2) is 6.11. The van der Waals surface area contributed by atoms with Crippen molar-refractivity contribution in [1.29, 1.82) is 0 Å². The van der Waals surface area contributed by atoms with Gasteiger partial charge >= 0.3 is 5.97 Å². The molecule has 0 aromatic carbocycles. The van der Waals surface area contributed by atoms with Gasteiger partial charge < -0.3 is 10.5 Å². The Balaban J connectivity index is 3.94. The molecule has 15 heavy (non-hydrogen) atoms. The van der Waals surface area contributed by atoms with Crippen LogP contribution in [-0.2, 0) is 9.53 Å². The minimum absolute atomic E-state index is 0.231. The number of ether oxygens (including phenoxy) is 1. The fourth-order valence-electron chi connectivity index (χ4n) is 1.24. The molecule has 3 heteroatoms. The summed E-state index contributed by atoms with van der Waals surface area (Å²) in [6.45, 7) is 10.5. The number of hydrogen-bond acceptors (Lipinski definition) is 3. The van der Waals surface area contributed by atoms with Crippen LogP contribution in [0.4, 0.5) is 0 Å². The lowest BCUT2D eigenvalue weighted by Crippen LogP contribution is -2.43. The van der Waals surface area contributed by atoms with E-state index < -0.39 is 6.04 Å². The normalized spacial score (nSPS) is 15.9. The lowest BCUT2D eigenvalue weighted by Gasteiger charge is -2.25. The molecule has 90 valence electrons. The number of rotatable bonds is 5. The summed E-state index contributed by atoms with van der Waals surface area (Å²) in [6, 6.07) is -0.536. The standard InChI is InChI=1S/C12H25NO2/c1-6-7-9(2)8-15-11(14)10(13)12(3,4)5/h9-10H,6-8,13H2,1-5H3. The minimum atomic E-state index is -0.536. The van der Waals surface area contributed by atoms with Crippen LogP contribution in [-0.4, -0.2) is 18.6 Å². The fourth-order valence-corrected chi connectivity index (χ4v) is 1.24. The van der Waals surface area contributed by atoms with E-state index in [1.165, 1.54) is 0 Å². The van der Waals surface area contributed by atoms with Crippen molar-refractivity contribution in [2.45, 2.75) is 53.5 Å². The van der Waals surface area contributed by atoms with Gasteiger partial charge in [-0.2, -0.15) is 0 Å². The average Bonchev–Trinajstić information content (AvgIpc) is 2.12. The lowest BCUT2D eigenvalue weighted by molar-refractivity contribution is -0.149. The fraction of sp³-hybridized carbons (Fsp3) is 0.917. The van der Waals surface area contributed by atoms with E-state index in [2.05, 4.69) is 13.8 Å². The summed E-state index contributed by atoms with van der Waals surface area (Å²) in [6.07, 6.45) is 2.20. The topological polar surface area (TPSA) is 52.3 Å². The first-order valence-electron chi connectivity index (χ1n) is 5.71. The highest BCUT2D eigenvalue weighted by Crippen LogP contribution is 2.18. The second-order valence-electron chi connectivity index (χ2n) is 5.37. The predicted octanol–water partition coefficient (Wildman–Crippen LogP) is 2.34. The zero-order chi connectivity index (χ0) is 12.1. The van der Waals surface area contributed by atoms with E-state index >= 15 is 0 Å². The highest BCUT2D eigenvalue weighted by molar-refractivity contribution is 5.76. The molecule has 0 bridgehead atoms. The van der Waals surface area contributed by atoms with Crippen molar-refractivity contribution >= 4 is 5.97 Å². The van der Waals surface area contributed by atoms with Crippen molar-refractivity contribution in [3.8, 4) is 0 Å². The molecule has 0 saturated carbocycles. The molecule has 0 radical (unpaired) electrons. The molecule has 0 heterocycles. The van der Waals surface area contributed by atoms with Gasteiger partial charge in [0.25, 0.3) is 0 Å². The van der Waals surface area contributed by atoms with Crippen LogP contribution >= 0.6 is 0 Å². The third-order valence-electron chi connectivity index (χ3n) is 2.48. The summed E-state index contributed by atoms with van der Waals surface area (Å²) in [5.74, 6) is 0.136. The van der Waals surface area contributed by atoms with Crippen LogP contribution < -0.4 is 5.73 Å². The maximum absolute atomic E-state index is 11.6. The Hall–Kier alpha value is -0.570. The molecule has 0 aromatic heterocycles. The second-order valence-corrected chi connectivity index (χ2v) is 5.37. The molecule has 0 fully saturated rings. The Morgan fingerprint density at radius 1 is 1.40 bits per heavy atom. The first-order valence-corrected chi connectivity index (χ1v) is 5.71. The SMILES string of the molecule is CCCC(C)COC(=O)C(N)C(C)(C)C. The minimum Gasteiger partial charge on any atom is -0.464 e. The summed E-state index contributed by atoms with van der Waals surface area (Å²) in [5.41, 5.74) is 5.55. The van der Waals surface area contributed by atoms with Crippen LogP contribution in [0.15, 0.2) is 0 Å². The number of carbonyl (C=O) groups excluding carboxylic acids is 1. The molecular formula is C12H25NO2. The zero-order valence-corrected chi connectivity index (χ0v) is 10.7. The number of hydrogen-bond donors (Lipinski definition) is 1. The molecule has 0 saturated heterocycles. The van der Waals surface area contributed by atoms with E-state index in [9.17, 15) is 4.79 Å². The monoisotopic (exact) mass is 215 g/mol. The van der Waals surface area contributed by atoms with Crippen molar-refractivity contribution < 1.29 is 9.53 Å². The molecule has 0 rings (SSSR count). The van der Waals surface area contributed by atoms with Gasteiger partial charge in [-0.25, -0.2) is 0 Å². The van der Waals surface area contributed by atoms with Crippen molar-refractivity contribution in [2.75, 3.05) is 6.61 Å². The summed E-state index contributed by atoms with van der Waals surface area (Å²) < 4.78 is 5.18. The van der Waals surface area contributed by atoms with Gasteiger partial charge in [-0.15, -0.1) is 0 Å². The Bertz CT molecular complexity index is 196. The molecule has 0 aliphatic rings. The van der Waals surface area contributed by atoms with E-state index in [1.54, 1.807) is 0 Å². The molecule has 0 aromatic rings. The third-order valence-corrected chi connectivity index (χ3v) is 2.48. The number of esters is 1. The summed E-state index contributed by atoms with van der Waals surface area (Å²) in [5, 5.41) is 0. The molecule has 0 aliphatic heterocycles. The summed E-state index contributed by atoms with van der Waals surface area (Å²) >= 11 is 0. The molecule has 0 amide bonds. The van der Waals surface area contributed by atoms with Gasteiger partial charge in [0.05, 0.1) is 6.61 Å². The van der Waals surface area contributed by atoms with Crippen LogP contribution in [0.1, 0.15) is 47.5 Å². The number of nitrogens with two attached hydrogens (primary N) is 1. The highest BCUT2D eigenvalue weighted by Gasteiger charge is 2.28. The summed E-state index contributed by atoms with van der Waals surface area (Å²) in [4.78, 5) is 11.6. The third kappa shape index (κ3) is 5.78. The van der Waals surface area contributed by atoms with Crippen molar-refractivity contribution in [1.82, 2.24) is 0 Å². The van der Waals surface area contributed by atoms with E-state index in [-0.39, 0.29) is 11.4 Å². The molecule has 2 atom stereocenters. The molecule has 0 aliphatic carbocycles. The largest absolute Gasteiger partial charge is 0.464 e. The van der Waals surface area contributed by atoms with Crippen LogP contribution in [0.25, 0.3) is 0 Å². The Morgan fingerprint density at radius 3 is 2.33 bits per heavy atom. The molecule has 2 unspecified atom stereocenters.